The van der Waals surface area contributed by atoms with Crippen LogP contribution in [-0.2, 0) is 12.8 Å². The molecular formula is C22H22O2. The lowest BCUT2D eigenvalue weighted by Gasteiger charge is -2.14. The average Bonchev–Trinajstić information content (AvgIpc) is 2.92. The van der Waals surface area contributed by atoms with Crippen LogP contribution in [0.5, 0.6) is 11.5 Å². The Kier molecular flexibility index (Phi) is 3.68. The molecule has 2 heteroatoms. The van der Waals surface area contributed by atoms with Gasteiger partial charge in [0.05, 0.1) is 0 Å². The van der Waals surface area contributed by atoms with Crippen LogP contribution < -0.4 is 0 Å². The summed E-state index contributed by atoms with van der Waals surface area (Å²) >= 11 is 0. The molecule has 0 unspecified atom stereocenters. The highest BCUT2D eigenvalue weighted by Gasteiger charge is 2.23. The summed E-state index contributed by atoms with van der Waals surface area (Å²) in [7, 11) is 0. The van der Waals surface area contributed by atoms with Crippen LogP contribution >= 0.6 is 0 Å². The molecule has 0 bridgehead atoms. The number of unbranched alkanes of at least 4 members (excludes halogenated alkanes) is 2. The molecule has 3 aromatic rings. The third-order valence-electron chi connectivity index (χ3n) is 5.13. The quantitative estimate of drug-likeness (QED) is 0.484. The second kappa shape index (κ2) is 5.86. The summed E-state index contributed by atoms with van der Waals surface area (Å²) in [5.74, 6) is 0.656. The first-order valence-electron chi connectivity index (χ1n) is 8.77. The first kappa shape index (κ1) is 15.1. The standard InChI is InChI=1S/C22H22O2/c1-2-3-4-5-19-20-13-17(24)7-6-14(20)11-21-18-9-8-16(23)10-15(18)12-22(19)21/h6-11,13,23-24H,2-5,12H2,1H3. The van der Waals surface area contributed by atoms with E-state index in [1.54, 1.807) is 12.1 Å². The Morgan fingerprint density at radius 2 is 1.67 bits per heavy atom. The van der Waals surface area contributed by atoms with E-state index < -0.39 is 0 Å². The van der Waals surface area contributed by atoms with Crippen LogP contribution in [0.4, 0.5) is 0 Å². The lowest BCUT2D eigenvalue weighted by molar-refractivity contribution is 0.474. The van der Waals surface area contributed by atoms with Crippen molar-refractivity contribution in [2.45, 2.75) is 39.0 Å². The van der Waals surface area contributed by atoms with E-state index in [2.05, 4.69) is 13.0 Å². The molecule has 24 heavy (non-hydrogen) atoms. The molecule has 0 heterocycles. The third kappa shape index (κ3) is 2.43. The van der Waals surface area contributed by atoms with Gasteiger partial charge in [0.1, 0.15) is 11.5 Å². The second-order valence-corrected chi connectivity index (χ2v) is 6.76. The zero-order chi connectivity index (χ0) is 16.7. The zero-order valence-electron chi connectivity index (χ0n) is 14.0. The average molecular weight is 318 g/mol. The lowest BCUT2D eigenvalue weighted by atomic mass is 9.91. The number of aromatic hydroxyl groups is 2. The van der Waals surface area contributed by atoms with Crippen molar-refractivity contribution in [1.29, 1.82) is 0 Å². The Labute approximate surface area is 142 Å². The van der Waals surface area contributed by atoms with Crippen LogP contribution in [0.2, 0.25) is 0 Å². The number of aryl methyl sites for hydroxylation is 1. The number of rotatable bonds is 4. The summed E-state index contributed by atoms with van der Waals surface area (Å²) in [6.45, 7) is 2.22. The summed E-state index contributed by atoms with van der Waals surface area (Å²) < 4.78 is 0. The molecule has 0 saturated heterocycles. The largest absolute Gasteiger partial charge is 0.508 e. The normalized spacial score (nSPS) is 12.4. The number of phenols is 2. The number of fused-ring (bicyclic) bond motifs is 4. The molecule has 1 aliphatic rings. The third-order valence-corrected chi connectivity index (χ3v) is 5.13. The Morgan fingerprint density at radius 1 is 0.875 bits per heavy atom. The van der Waals surface area contributed by atoms with Gasteiger partial charge in [0.2, 0.25) is 0 Å². The van der Waals surface area contributed by atoms with Crippen molar-refractivity contribution in [3.05, 3.63) is 59.2 Å². The van der Waals surface area contributed by atoms with Gasteiger partial charge in [0, 0.05) is 0 Å². The van der Waals surface area contributed by atoms with Crippen LogP contribution in [0.25, 0.3) is 21.9 Å². The smallest absolute Gasteiger partial charge is 0.116 e. The Bertz CT molecular complexity index is 925. The molecule has 0 atom stereocenters. The summed E-state index contributed by atoms with van der Waals surface area (Å²) in [5, 5.41) is 22.1. The van der Waals surface area contributed by atoms with Gasteiger partial charge in [-0.05, 0) is 88.2 Å². The minimum Gasteiger partial charge on any atom is -0.508 e. The second-order valence-electron chi connectivity index (χ2n) is 6.76. The number of phenolic OH excluding ortho intramolecular Hbond substituents is 2. The zero-order valence-corrected chi connectivity index (χ0v) is 14.0. The van der Waals surface area contributed by atoms with Crippen molar-refractivity contribution in [3.63, 3.8) is 0 Å². The van der Waals surface area contributed by atoms with Crippen molar-refractivity contribution >= 4 is 10.8 Å². The van der Waals surface area contributed by atoms with E-state index >= 15 is 0 Å². The summed E-state index contributed by atoms with van der Waals surface area (Å²) in [5.41, 5.74) is 6.44. The SMILES string of the molecule is CCCCCc1c2c(cc3ccc(O)cc13)-c1ccc(O)cc1C2. The van der Waals surface area contributed by atoms with E-state index in [-0.39, 0.29) is 0 Å². The van der Waals surface area contributed by atoms with Crippen molar-refractivity contribution in [2.24, 2.45) is 0 Å². The fourth-order valence-electron chi connectivity index (χ4n) is 3.96. The monoisotopic (exact) mass is 318 g/mol. The molecule has 4 rings (SSSR count). The Morgan fingerprint density at radius 3 is 2.50 bits per heavy atom. The van der Waals surface area contributed by atoms with Crippen molar-refractivity contribution < 1.29 is 10.2 Å². The molecule has 0 radical (unpaired) electrons. The van der Waals surface area contributed by atoms with Gasteiger partial charge in [0.25, 0.3) is 0 Å². The number of hydrogen-bond donors (Lipinski definition) is 2. The molecule has 0 aromatic heterocycles. The lowest BCUT2D eigenvalue weighted by Crippen LogP contribution is -1.96. The van der Waals surface area contributed by atoms with Gasteiger partial charge < -0.3 is 10.2 Å². The summed E-state index contributed by atoms with van der Waals surface area (Å²) in [4.78, 5) is 0. The van der Waals surface area contributed by atoms with Gasteiger partial charge in [-0.1, -0.05) is 31.9 Å². The Balaban J connectivity index is 1.92. The number of hydrogen-bond acceptors (Lipinski definition) is 2. The van der Waals surface area contributed by atoms with E-state index in [1.165, 1.54) is 57.9 Å². The first-order chi connectivity index (χ1) is 11.7. The molecule has 0 amide bonds. The van der Waals surface area contributed by atoms with Gasteiger partial charge in [-0.25, -0.2) is 0 Å². The predicted molar refractivity (Wildman–Crippen MR) is 98.7 cm³/mol. The Hall–Kier alpha value is -2.48. The highest BCUT2D eigenvalue weighted by molar-refractivity contribution is 5.95. The molecule has 3 aromatic carbocycles. The number of benzene rings is 3. The first-order valence-corrected chi connectivity index (χ1v) is 8.77. The molecule has 2 nitrogen and oxygen atoms in total. The van der Waals surface area contributed by atoms with Gasteiger partial charge in [-0.2, -0.15) is 0 Å². The molecule has 0 saturated carbocycles. The van der Waals surface area contributed by atoms with Gasteiger partial charge in [-0.3, -0.25) is 0 Å². The predicted octanol–water partition coefficient (Wildman–Crippen LogP) is 5.55. The van der Waals surface area contributed by atoms with Crippen LogP contribution in [0, 0.1) is 0 Å². The van der Waals surface area contributed by atoms with E-state index in [0.717, 1.165) is 12.8 Å². The highest BCUT2D eigenvalue weighted by Crippen LogP contribution is 2.43. The molecule has 0 fully saturated rings. The van der Waals surface area contributed by atoms with E-state index in [0.29, 0.717) is 11.5 Å². The minimum atomic E-state index is 0.326. The highest BCUT2D eigenvalue weighted by atomic mass is 16.3. The van der Waals surface area contributed by atoms with Gasteiger partial charge >= 0.3 is 0 Å². The van der Waals surface area contributed by atoms with Crippen LogP contribution in [0.3, 0.4) is 0 Å². The summed E-state index contributed by atoms with van der Waals surface area (Å²) in [6.07, 6.45) is 5.49. The van der Waals surface area contributed by atoms with E-state index in [9.17, 15) is 10.2 Å². The van der Waals surface area contributed by atoms with Crippen LogP contribution in [0.1, 0.15) is 42.9 Å². The van der Waals surface area contributed by atoms with Crippen molar-refractivity contribution in [2.75, 3.05) is 0 Å². The fraction of sp³-hybridized carbons (Fsp3) is 0.273. The van der Waals surface area contributed by atoms with Crippen LogP contribution in [0.15, 0.2) is 42.5 Å². The van der Waals surface area contributed by atoms with E-state index in [1.807, 2.05) is 24.3 Å². The molecule has 122 valence electrons. The van der Waals surface area contributed by atoms with Crippen LogP contribution in [-0.4, -0.2) is 10.2 Å². The molecule has 2 N–H and O–H groups in total. The molecule has 0 spiro atoms. The molecular weight excluding hydrogens is 296 g/mol. The minimum absolute atomic E-state index is 0.326. The maximum atomic E-state index is 9.95. The maximum Gasteiger partial charge on any atom is 0.116 e. The topological polar surface area (TPSA) is 40.5 Å². The van der Waals surface area contributed by atoms with Gasteiger partial charge in [0.15, 0.2) is 0 Å². The van der Waals surface area contributed by atoms with Crippen molar-refractivity contribution in [1.82, 2.24) is 0 Å². The molecule has 0 aliphatic heterocycles. The fourth-order valence-corrected chi connectivity index (χ4v) is 3.96. The maximum absolute atomic E-state index is 9.95. The molecule has 1 aliphatic carbocycles. The van der Waals surface area contributed by atoms with E-state index in [4.69, 9.17) is 0 Å². The van der Waals surface area contributed by atoms with Crippen molar-refractivity contribution in [3.8, 4) is 22.6 Å². The summed E-state index contributed by atoms with van der Waals surface area (Å²) in [6, 6.07) is 13.6. The van der Waals surface area contributed by atoms with Gasteiger partial charge in [-0.15, -0.1) is 0 Å².